The number of methoxy groups -OCH3 is 1. The second-order valence-electron chi connectivity index (χ2n) is 3.33. The van der Waals surface area contributed by atoms with Gasteiger partial charge in [-0.05, 0) is 24.1 Å². The third-order valence-corrected chi connectivity index (χ3v) is 2.32. The Morgan fingerprint density at radius 2 is 2.27 bits per heavy atom. The van der Waals surface area contributed by atoms with Gasteiger partial charge in [0.2, 0.25) is 0 Å². The summed E-state index contributed by atoms with van der Waals surface area (Å²) in [6.45, 7) is 2.38. The number of benzene rings is 1. The van der Waals surface area contributed by atoms with Crippen LogP contribution in [0.3, 0.4) is 0 Å². The summed E-state index contributed by atoms with van der Waals surface area (Å²) in [5.41, 5.74) is 6.33. The normalized spacial score (nSPS) is 12.2. The summed E-state index contributed by atoms with van der Waals surface area (Å²) in [5, 5.41) is 10.7. The first-order chi connectivity index (χ1) is 7.10. The predicted molar refractivity (Wildman–Crippen MR) is 57.1 cm³/mol. The topological polar surface area (TPSA) is 78.4 Å². The molecule has 1 unspecified atom stereocenters. The van der Waals surface area contributed by atoms with Gasteiger partial charge in [0.05, 0.1) is 12.0 Å². The van der Waals surface area contributed by atoms with Gasteiger partial charge < -0.3 is 10.5 Å². The number of nitrogens with two attached hydrogens (primary N) is 1. The highest BCUT2D eigenvalue weighted by Gasteiger charge is 2.16. The average molecular weight is 210 g/mol. The van der Waals surface area contributed by atoms with Crippen molar-refractivity contribution in [2.75, 3.05) is 13.7 Å². The maximum Gasteiger partial charge on any atom is 0.311 e. The van der Waals surface area contributed by atoms with Gasteiger partial charge in [-0.15, -0.1) is 0 Å². The van der Waals surface area contributed by atoms with Gasteiger partial charge in [-0.2, -0.15) is 0 Å². The molecule has 1 rings (SSSR count). The predicted octanol–water partition coefficient (Wildman–Crippen LogP) is 1.67. The van der Waals surface area contributed by atoms with E-state index < -0.39 is 4.92 Å². The zero-order valence-corrected chi connectivity index (χ0v) is 8.77. The van der Waals surface area contributed by atoms with Crippen LogP contribution in [0.15, 0.2) is 18.2 Å². The zero-order valence-electron chi connectivity index (χ0n) is 8.77. The van der Waals surface area contributed by atoms with Crippen molar-refractivity contribution in [3.05, 3.63) is 33.9 Å². The van der Waals surface area contributed by atoms with E-state index in [1.165, 1.54) is 13.2 Å². The van der Waals surface area contributed by atoms with Crippen LogP contribution < -0.4 is 10.5 Å². The van der Waals surface area contributed by atoms with Crippen molar-refractivity contribution < 1.29 is 9.66 Å². The Kier molecular flexibility index (Phi) is 3.62. The molecule has 0 radical (unpaired) electrons. The monoisotopic (exact) mass is 210 g/mol. The molecule has 82 valence electrons. The second kappa shape index (κ2) is 4.75. The fourth-order valence-electron chi connectivity index (χ4n) is 1.29. The number of hydrogen-bond donors (Lipinski definition) is 1. The molecule has 0 saturated carbocycles. The van der Waals surface area contributed by atoms with Crippen LogP contribution in [0.2, 0.25) is 0 Å². The van der Waals surface area contributed by atoms with Gasteiger partial charge in [0, 0.05) is 6.07 Å². The molecule has 5 nitrogen and oxygen atoms in total. The molecule has 15 heavy (non-hydrogen) atoms. The number of nitro groups is 1. The molecule has 1 aromatic rings. The molecule has 5 heteroatoms. The standard InChI is InChI=1S/C10H14N2O3/c1-7(6-11)8-3-4-10(15-2)9(5-8)12(13)14/h3-5,7H,6,11H2,1-2H3. The maximum atomic E-state index is 10.7. The Labute approximate surface area is 88.0 Å². The third kappa shape index (κ3) is 2.44. The number of nitrogens with zero attached hydrogens (tertiary/aromatic N) is 1. The summed E-state index contributed by atoms with van der Waals surface area (Å²) in [4.78, 5) is 10.3. The molecular formula is C10H14N2O3. The van der Waals surface area contributed by atoms with Crippen molar-refractivity contribution in [3.8, 4) is 5.75 Å². The van der Waals surface area contributed by atoms with Crippen molar-refractivity contribution in [3.63, 3.8) is 0 Å². The highest BCUT2D eigenvalue weighted by Crippen LogP contribution is 2.29. The van der Waals surface area contributed by atoms with Gasteiger partial charge in [0.15, 0.2) is 5.75 Å². The van der Waals surface area contributed by atoms with E-state index in [4.69, 9.17) is 10.5 Å². The fraction of sp³-hybridized carbons (Fsp3) is 0.400. The highest BCUT2D eigenvalue weighted by atomic mass is 16.6. The van der Waals surface area contributed by atoms with E-state index in [2.05, 4.69) is 0 Å². The molecule has 0 bridgehead atoms. The molecule has 0 fully saturated rings. The summed E-state index contributed by atoms with van der Waals surface area (Å²) < 4.78 is 4.90. The average Bonchev–Trinajstić information content (AvgIpc) is 2.27. The lowest BCUT2D eigenvalue weighted by molar-refractivity contribution is -0.385. The number of nitro benzene ring substituents is 1. The molecule has 1 aromatic carbocycles. The maximum absolute atomic E-state index is 10.7. The van der Waals surface area contributed by atoms with E-state index in [9.17, 15) is 10.1 Å². The van der Waals surface area contributed by atoms with Crippen LogP contribution in [-0.2, 0) is 0 Å². The van der Waals surface area contributed by atoms with Crippen molar-refractivity contribution in [1.29, 1.82) is 0 Å². The lowest BCUT2D eigenvalue weighted by atomic mass is 10.0. The van der Waals surface area contributed by atoms with Gasteiger partial charge in [-0.25, -0.2) is 0 Å². The molecule has 0 aromatic heterocycles. The molecule has 2 N–H and O–H groups in total. The quantitative estimate of drug-likeness (QED) is 0.605. The van der Waals surface area contributed by atoms with E-state index in [1.807, 2.05) is 6.92 Å². The summed E-state index contributed by atoms with van der Waals surface area (Å²) in [5.74, 6) is 0.377. The van der Waals surface area contributed by atoms with Crippen molar-refractivity contribution >= 4 is 5.69 Å². The van der Waals surface area contributed by atoms with E-state index in [0.29, 0.717) is 6.54 Å². The first kappa shape index (κ1) is 11.5. The largest absolute Gasteiger partial charge is 0.490 e. The second-order valence-corrected chi connectivity index (χ2v) is 3.33. The van der Waals surface area contributed by atoms with E-state index in [-0.39, 0.29) is 17.4 Å². The van der Waals surface area contributed by atoms with E-state index in [0.717, 1.165) is 5.56 Å². The highest BCUT2D eigenvalue weighted by molar-refractivity contribution is 5.49. The van der Waals surface area contributed by atoms with Gasteiger partial charge in [0.25, 0.3) is 0 Å². The van der Waals surface area contributed by atoms with Crippen LogP contribution in [0.25, 0.3) is 0 Å². The number of hydrogen-bond acceptors (Lipinski definition) is 4. The van der Waals surface area contributed by atoms with Crippen molar-refractivity contribution in [1.82, 2.24) is 0 Å². The molecule has 0 amide bonds. The minimum Gasteiger partial charge on any atom is -0.490 e. The van der Waals surface area contributed by atoms with Crippen LogP contribution in [-0.4, -0.2) is 18.6 Å². The van der Waals surface area contributed by atoms with Crippen LogP contribution in [0, 0.1) is 10.1 Å². The number of rotatable bonds is 4. The summed E-state index contributed by atoms with van der Waals surface area (Å²) >= 11 is 0. The SMILES string of the molecule is COc1ccc(C(C)CN)cc1[N+](=O)[O-]. The van der Waals surface area contributed by atoms with Gasteiger partial charge in [-0.1, -0.05) is 13.0 Å². The Balaban J connectivity index is 3.16. The first-order valence-corrected chi connectivity index (χ1v) is 4.62. The molecule has 0 heterocycles. The Morgan fingerprint density at radius 1 is 1.60 bits per heavy atom. The molecular weight excluding hydrogens is 196 g/mol. The first-order valence-electron chi connectivity index (χ1n) is 4.62. The molecule has 1 atom stereocenters. The van der Waals surface area contributed by atoms with Gasteiger partial charge in [0.1, 0.15) is 0 Å². The van der Waals surface area contributed by atoms with Crippen molar-refractivity contribution in [2.45, 2.75) is 12.8 Å². The van der Waals surface area contributed by atoms with E-state index >= 15 is 0 Å². The Hall–Kier alpha value is -1.62. The van der Waals surface area contributed by atoms with Gasteiger partial charge >= 0.3 is 5.69 Å². The lowest BCUT2D eigenvalue weighted by Gasteiger charge is -2.09. The van der Waals surface area contributed by atoms with Crippen LogP contribution in [0.5, 0.6) is 5.75 Å². The summed E-state index contributed by atoms with van der Waals surface area (Å²) in [6.07, 6.45) is 0. The minimum atomic E-state index is -0.453. The Morgan fingerprint density at radius 3 is 2.73 bits per heavy atom. The van der Waals surface area contributed by atoms with Crippen LogP contribution >= 0.6 is 0 Å². The van der Waals surface area contributed by atoms with Crippen molar-refractivity contribution in [2.24, 2.45) is 5.73 Å². The molecule has 0 aliphatic carbocycles. The third-order valence-electron chi connectivity index (χ3n) is 2.32. The molecule has 0 aliphatic rings. The smallest absolute Gasteiger partial charge is 0.311 e. The molecule has 0 spiro atoms. The molecule has 0 saturated heterocycles. The minimum absolute atomic E-state index is 0.0182. The Bertz CT molecular complexity index is 366. The molecule has 0 aliphatic heterocycles. The van der Waals surface area contributed by atoms with Crippen LogP contribution in [0.4, 0.5) is 5.69 Å². The lowest BCUT2D eigenvalue weighted by Crippen LogP contribution is -2.09. The van der Waals surface area contributed by atoms with Gasteiger partial charge in [-0.3, -0.25) is 10.1 Å². The number of ether oxygens (including phenoxy) is 1. The van der Waals surface area contributed by atoms with E-state index in [1.54, 1.807) is 12.1 Å². The van der Waals surface area contributed by atoms with Crippen LogP contribution in [0.1, 0.15) is 18.4 Å². The zero-order chi connectivity index (χ0) is 11.4. The summed E-state index contributed by atoms with van der Waals surface area (Å²) in [7, 11) is 1.41. The summed E-state index contributed by atoms with van der Waals surface area (Å²) in [6, 6.07) is 4.90. The fourth-order valence-corrected chi connectivity index (χ4v) is 1.29.